The van der Waals surface area contributed by atoms with Gasteiger partial charge in [-0.15, -0.1) is 0 Å². The van der Waals surface area contributed by atoms with E-state index in [1.165, 1.54) is 25.4 Å². The van der Waals surface area contributed by atoms with Gasteiger partial charge in [-0.05, 0) is 41.1 Å². The van der Waals surface area contributed by atoms with Gasteiger partial charge in [-0.3, -0.25) is 4.98 Å². The molecule has 0 amide bonds. The molecule has 0 bridgehead atoms. The number of rotatable bonds is 2. The zero-order valence-electron chi connectivity index (χ0n) is 9.49. The first-order valence-electron chi connectivity index (χ1n) is 5.21. The van der Waals surface area contributed by atoms with Crippen molar-refractivity contribution in [2.75, 3.05) is 0 Å². The fraction of sp³-hybridized carbons (Fsp3) is 0.154. The van der Waals surface area contributed by atoms with Gasteiger partial charge in [0.2, 0.25) is 0 Å². The van der Waals surface area contributed by atoms with E-state index in [0.717, 1.165) is 6.07 Å². The SMILES string of the molecule is CC(O)(c1cccnc1)c1c(F)ccc(Br)c1F. The van der Waals surface area contributed by atoms with Crippen LogP contribution >= 0.6 is 15.9 Å². The smallest absolute Gasteiger partial charge is 0.146 e. The van der Waals surface area contributed by atoms with Crippen molar-refractivity contribution in [1.29, 1.82) is 0 Å². The van der Waals surface area contributed by atoms with E-state index < -0.39 is 22.8 Å². The summed E-state index contributed by atoms with van der Waals surface area (Å²) in [6, 6.07) is 5.52. The molecule has 0 aliphatic rings. The van der Waals surface area contributed by atoms with Gasteiger partial charge in [-0.25, -0.2) is 8.78 Å². The molecule has 0 aliphatic carbocycles. The Labute approximate surface area is 111 Å². The zero-order chi connectivity index (χ0) is 13.3. The fourth-order valence-electron chi connectivity index (χ4n) is 1.77. The lowest BCUT2D eigenvalue weighted by Gasteiger charge is -2.25. The highest BCUT2D eigenvalue weighted by molar-refractivity contribution is 9.10. The summed E-state index contributed by atoms with van der Waals surface area (Å²) in [7, 11) is 0. The van der Waals surface area contributed by atoms with Crippen molar-refractivity contribution in [2.45, 2.75) is 12.5 Å². The molecule has 1 unspecified atom stereocenters. The van der Waals surface area contributed by atoms with Crippen LogP contribution in [0.2, 0.25) is 0 Å². The number of benzene rings is 1. The molecule has 18 heavy (non-hydrogen) atoms. The minimum Gasteiger partial charge on any atom is -0.380 e. The average Bonchev–Trinajstić information content (AvgIpc) is 2.35. The lowest BCUT2D eigenvalue weighted by molar-refractivity contribution is 0.0928. The third kappa shape index (κ3) is 2.15. The first-order chi connectivity index (χ1) is 8.44. The van der Waals surface area contributed by atoms with Crippen LogP contribution in [-0.2, 0) is 5.60 Å². The predicted molar refractivity (Wildman–Crippen MR) is 67.0 cm³/mol. The van der Waals surface area contributed by atoms with Crippen LogP contribution in [0.25, 0.3) is 0 Å². The molecule has 1 heterocycles. The third-order valence-corrected chi connectivity index (χ3v) is 3.37. The first-order valence-corrected chi connectivity index (χ1v) is 6.00. The van der Waals surface area contributed by atoms with Crippen molar-refractivity contribution in [3.63, 3.8) is 0 Å². The van der Waals surface area contributed by atoms with Gasteiger partial charge in [0.1, 0.15) is 17.2 Å². The van der Waals surface area contributed by atoms with Crippen molar-refractivity contribution in [1.82, 2.24) is 4.98 Å². The Bertz CT molecular complexity index is 573. The van der Waals surface area contributed by atoms with Crippen LogP contribution < -0.4 is 0 Å². The Hall–Kier alpha value is -1.33. The van der Waals surface area contributed by atoms with Crippen LogP contribution in [0.3, 0.4) is 0 Å². The van der Waals surface area contributed by atoms with E-state index in [-0.39, 0.29) is 4.47 Å². The van der Waals surface area contributed by atoms with Crippen molar-refractivity contribution >= 4 is 15.9 Å². The molecule has 2 rings (SSSR count). The minimum absolute atomic E-state index is 0.100. The minimum atomic E-state index is -1.79. The molecule has 0 radical (unpaired) electrons. The Kier molecular flexibility index (Phi) is 3.45. The second-order valence-corrected chi connectivity index (χ2v) is 4.89. The Balaban J connectivity index is 2.65. The van der Waals surface area contributed by atoms with E-state index in [2.05, 4.69) is 20.9 Å². The summed E-state index contributed by atoms with van der Waals surface area (Å²) in [6.07, 6.45) is 2.90. The Morgan fingerprint density at radius 3 is 2.61 bits per heavy atom. The molecule has 0 spiro atoms. The van der Waals surface area contributed by atoms with Crippen molar-refractivity contribution < 1.29 is 13.9 Å². The van der Waals surface area contributed by atoms with Gasteiger partial charge in [0.25, 0.3) is 0 Å². The standard InChI is InChI=1S/C13H10BrF2NO/c1-13(18,8-3-2-6-17-7-8)11-10(15)5-4-9(14)12(11)16/h2-7,18H,1H3. The molecule has 2 aromatic rings. The maximum absolute atomic E-state index is 14.0. The number of pyridine rings is 1. The van der Waals surface area contributed by atoms with Gasteiger partial charge in [-0.1, -0.05) is 6.07 Å². The predicted octanol–water partition coefficient (Wildman–Crippen LogP) is 3.38. The molecule has 0 aliphatic heterocycles. The lowest BCUT2D eigenvalue weighted by Crippen LogP contribution is -2.26. The number of hydrogen-bond acceptors (Lipinski definition) is 2. The monoisotopic (exact) mass is 313 g/mol. The number of aliphatic hydroxyl groups is 1. The maximum Gasteiger partial charge on any atom is 0.146 e. The average molecular weight is 314 g/mol. The highest BCUT2D eigenvalue weighted by Gasteiger charge is 2.33. The van der Waals surface area contributed by atoms with Crippen LogP contribution in [0.1, 0.15) is 18.1 Å². The normalized spacial score (nSPS) is 14.3. The molecule has 1 N–H and O–H groups in total. The van der Waals surface area contributed by atoms with E-state index in [4.69, 9.17) is 0 Å². The summed E-state index contributed by atoms with van der Waals surface area (Å²) in [5, 5.41) is 10.4. The molecule has 1 aromatic carbocycles. The molecule has 1 atom stereocenters. The van der Waals surface area contributed by atoms with Gasteiger partial charge in [0.05, 0.1) is 10.0 Å². The molecule has 0 fully saturated rings. The topological polar surface area (TPSA) is 33.1 Å². The van der Waals surface area contributed by atoms with Crippen molar-refractivity contribution in [2.24, 2.45) is 0 Å². The molecule has 1 aromatic heterocycles. The van der Waals surface area contributed by atoms with Gasteiger partial charge < -0.3 is 5.11 Å². The summed E-state index contributed by atoms with van der Waals surface area (Å²) >= 11 is 2.98. The van der Waals surface area contributed by atoms with E-state index in [9.17, 15) is 13.9 Å². The number of hydrogen-bond donors (Lipinski definition) is 1. The van der Waals surface area contributed by atoms with Crippen LogP contribution in [0.5, 0.6) is 0 Å². The Morgan fingerprint density at radius 2 is 2.00 bits per heavy atom. The molecular formula is C13H10BrF2NO. The Morgan fingerprint density at radius 1 is 1.28 bits per heavy atom. The summed E-state index contributed by atoms with van der Waals surface area (Å²) in [6.45, 7) is 1.33. The summed E-state index contributed by atoms with van der Waals surface area (Å²) < 4.78 is 27.8. The van der Waals surface area contributed by atoms with Gasteiger partial charge in [0.15, 0.2) is 0 Å². The van der Waals surface area contributed by atoms with E-state index in [1.807, 2.05) is 0 Å². The molecule has 94 valence electrons. The number of halogens is 3. The van der Waals surface area contributed by atoms with Crippen molar-refractivity contribution in [3.05, 3.63) is 63.9 Å². The summed E-state index contributed by atoms with van der Waals surface area (Å²) in [5.41, 5.74) is -1.86. The third-order valence-electron chi connectivity index (χ3n) is 2.75. The van der Waals surface area contributed by atoms with Crippen LogP contribution in [0.15, 0.2) is 41.1 Å². The zero-order valence-corrected chi connectivity index (χ0v) is 11.1. The quantitative estimate of drug-likeness (QED) is 0.862. The van der Waals surface area contributed by atoms with E-state index >= 15 is 0 Å². The summed E-state index contributed by atoms with van der Waals surface area (Å²) in [5.74, 6) is -1.62. The van der Waals surface area contributed by atoms with Crippen LogP contribution in [0, 0.1) is 11.6 Å². The van der Waals surface area contributed by atoms with E-state index in [1.54, 1.807) is 12.1 Å². The second-order valence-electron chi connectivity index (χ2n) is 4.03. The number of nitrogens with zero attached hydrogens (tertiary/aromatic N) is 1. The van der Waals surface area contributed by atoms with Crippen LogP contribution in [-0.4, -0.2) is 10.1 Å². The number of aromatic nitrogens is 1. The molecule has 0 saturated carbocycles. The van der Waals surface area contributed by atoms with Crippen molar-refractivity contribution in [3.8, 4) is 0 Å². The molecule has 5 heteroatoms. The molecule has 0 saturated heterocycles. The fourth-order valence-corrected chi connectivity index (χ4v) is 2.10. The van der Waals surface area contributed by atoms with Gasteiger partial charge in [0, 0.05) is 18.0 Å². The summed E-state index contributed by atoms with van der Waals surface area (Å²) in [4.78, 5) is 3.84. The largest absolute Gasteiger partial charge is 0.380 e. The van der Waals surface area contributed by atoms with Gasteiger partial charge >= 0.3 is 0 Å². The van der Waals surface area contributed by atoms with Crippen LogP contribution in [0.4, 0.5) is 8.78 Å². The van der Waals surface area contributed by atoms with Gasteiger partial charge in [-0.2, -0.15) is 0 Å². The lowest BCUT2D eigenvalue weighted by atomic mass is 9.88. The maximum atomic E-state index is 14.0. The first kappa shape index (κ1) is 13.1. The second kappa shape index (κ2) is 4.74. The van der Waals surface area contributed by atoms with E-state index in [0.29, 0.717) is 5.56 Å². The molecular weight excluding hydrogens is 304 g/mol. The molecule has 2 nitrogen and oxygen atoms in total. The highest BCUT2D eigenvalue weighted by atomic mass is 79.9. The highest BCUT2D eigenvalue weighted by Crippen LogP contribution is 2.34.